The number of hydrogen-bond donors (Lipinski definition) is 1. The summed E-state index contributed by atoms with van der Waals surface area (Å²) < 4.78 is 5.43. The van der Waals surface area contributed by atoms with Gasteiger partial charge < -0.3 is 9.52 Å². The highest BCUT2D eigenvalue weighted by Crippen LogP contribution is 2.31. The Morgan fingerprint density at radius 3 is 2.75 bits per heavy atom. The largest absolute Gasteiger partial charge is 0.479 e. The van der Waals surface area contributed by atoms with Crippen molar-refractivity contribution in [2.24, 2.45) is 4.99 Å². The van der Waals surface area contributed by atoms with E-state index in [2.05, 4.69) is 15.0 Å². The van der Waals surface area contributed by atoms with Crippen LogP contribution in [0.1, 0.15) is 5.69 Å². The van der Waals surface area contributed by atoms with Gasteiger partial charge in [-0.05, 0) is 29.0 Å². The van der Waals surface area contributed by atoms with E-state index < -0.39 is 0 Å². The van der Waals surface area contributed by atoms with Crippen LogP contribution in [0.3, 0.4) is 0 Å². The Hall–Kier alpha value is -3.47. The number of aliphatic imine (C=N–C) groups is 1. The minimum atomic E-state index is -0.259. The summed E-state index contributed by atoms with van der Waals surface area (Å²) in [4.78, 5) is 12.6. The van der Waals surface area contributed by atoms with Gasteiger partial charge in [0.05, 0.1) is 18.1 Å². The first kappa shape index (κ1) is 14.1. The molecule has 2 aromatic heterocycles. The van der Waals surface area contributed by atoms with Crippen molar-refractivity contribution >= 4 is 22.7 Å². The lowest BCUT2D eigenvalue weighted by atomic mass is 10.0. The van der Waals surface area contributed by atoms with Crippen LogP contribution in [0, 0.1) is 0 Å². The van der Waals surface area contributed by atoms with Crippen molar-refractivity contribution in [1.29, 1.82) is 0 Å². The van der Waals surface area contributed by atoms with E-state index in [1.807, 2.05) is 48.5 Å². The zero-order chi connectivity index (χ0) is 16.4. The van der Waals surface area contributed by atoms with E-state index in [4.69, 9.17) is 4.42 Å². The highest BCUT2D eigenvalue weighted by atomic mass is 16.5. The summed E-state index contributed by atoms with van der Waals surface area (Å²) in [6.45, 7) is 0. The molecule has 24 heavy (non-hydrogen) atoms. The lowest BCUT2D eigenvalue weighted by molar-refractivity contribution is 0.337. The molecule has 0 fully saturated rings. The van der Waals surface area contributed by atoms with E-state index in [1.165, 1.54) is 6.21 Å². The van der Waals surface area contributed by atoms with E-state index in [0.717, 1.165) is 16.3 Å². The lowest BCUT2D eigenvalue weighted by Gasteiger charge is -2.01. The molecule has 116 valence electrons. The second-order valence-electron chi connectivity index (χ2n) is 5.21. The summed E-state index contributed by atoms with van der Waals surface area (Å²) in [6, 6.07) is 17.4. The van der Waals surface area contributed by atoms with E-state index in [1.54, 1.807) is 18.5 Å². The molecule has 4 aromatic rings. The highest BCUT2D eigenvalue weighted by molar-refractivity contribution is 5.95. The van der Waals surface area contributed by atoms with Gasteiger partial charge in [-0.3, -0.25) is 9.98 Å². The number of aromatic hydroxyl groups is 1. The van der Waals surface area contributed by atoms with Crippen molar-refractivity contribution in [2.75, 3.05) is 0 Å². The van der Waals surface area contributed by atoms with Crippen LogP contribution in [0.5, 0.6) is 5.95 Å². The lowest BCUT2D eigenvalue weighted by Crippen LogP contribution is -1.84. The van der Waals surface area contributed by atoms with Crippen LogP contribution in [0.2, 0.25) is 0 Å². The summed E-state index contributed by atoms with van der Waals surface area (Å²) in [5, 5.41) is 12.1. The molecule has 5 heteroatoms. The average Bonchev–Trinajstić information content (AvgIpc) is 3.01. The van der Waals surface area contributed by atoms with Gasteiger partial charge >= 0.3 is 5.95 Å². The fraction of sp³-hybridized carbons (Fsp3) is 0. The van der Waals surface area contributed by atoms with Gasteiger partial charge in [0.15, 0.2) is 5.69 Å². The molecular weight excluding hydrogens is 302 g/mol. The third kappa shape index (κ3) is 2.63. The summed E-state index contributed by atoms with van der Waals surface area (Å²) in [7, 11) is 0. The van der Waals surface area contributed by atoms with Gasteiger partial charge in [-0.15, -0.1) is 0 Å². The SMILES string of the molecule is Oc1oc(-c2cccc3ccccc23)nc1C=Nc1cccnc1. The van der Waals surface area contributed by atoms with E-state index >= 15 is 0 Å². The molecule has 0 aliphatic rings. The third-order valence-electron chi connectivity index (χ3n) is 3.64. The number of aromatic nitrogens is 2. The first-order chi connectivity index (χ1) is 11.8. The quantitative estimate of drug-likeness (QED) is 0.571. The zero-order valence-electron chi connectivity index (χ0n) is 12.6. The molecule has 0 atom stereocenters. The molecule has 0 saturated heterocycles. The maximum Gasteiger partial charge on any atom is 0.312 e. The third-order valence-corrected chi connectivity index (χ3v) is 3.64. The Morgan fingerprint density at radius 1 is 1.00 bits per heavy atom. The van der Waals surface area contributed by atoms with Crippen molar-refractivity contribution < 1.29 is 9.52 Å². The second kappa shape index (κ2) is 5.96. The van der Waals surface area contributed by atoms with Gasteiger partial charge in [0.1, 0.15) is 0 Å². The first-order valence-corrected chi connectivity index (χ1v) is 7.43. The van der Waals surface area contributed by atoms with Crippen molar-refractivity contribution in [2.45, 2.75) is 0 Å². The molecule has 2 heterocycles. The molecule has 1 N–H and O–H groups in total. The monoisotopic (exact) mass is 315 g/mol. The number of rotatable bonds is 3. The number of benzene rings is 2. The molecule has 0 spiro atoms. The van der Waals surface area contributed by atoms with Crippen LogP contribution in [-0.2, 0) is 0 Å². The molecule has 0 bridgehead atoms. The number of nitrogens with zero attached hydrogens (tertiary/aromatic N) is 3. The van der Waals surface area contributed by atoms with Crippen LogP contribution < -0.4 is 0 Å². The molecule has 0 saturated carbocycles. The minimum Gasteiger partial charge on any atom is -0.479 e. The summed E-state index contributed by atoms with van der Waals surface area (Å²) >= 11 is 0. The minimum absolute atomic E-state index is 0.259. The van der Waals surface area contributed by atoms with Crippen LogP contribution in [-0.4, -0.2) is 21.3 Å². The molecule has 2 aromatic carbocycles. The Kier molecular flexibility index (Phi) is 3.51. The van der Waals surface area contributed by atoms with Gasteiger partial charge in [-0.2, -0.15) is 0 Å². The molecular formula is C19H13N3O2. The van der Waals surface area contributed by atoms with Crippen LogP contribution in [0.4, 0.5) is 5.69 Å². The maximum absolute atomic E-state index is 10.0. The standard InChI is InChI=1S/C19H13N3O2/c23-19-17(12-21-14-7-4-10-20-11-14)22-18(24-19)16-9-3-6-13-5-1-2-8-15(13)16/h1-12,23H. The predicted octanol–water partition coefficient (Wildman–Crippen LogP) is 4.35. The normalized spacial score (nSPS) is 11.3. The highest BCUT2D eigenvalue weighted by Gasteiger charge is 2.14. The van der Waals surface area contributed by atoms with Crippen molar-refractivity contribution in [3.8, 4) is 17.4 Å². The molecule has 0 radical (unpaired) electrons. The summed E-state index contributed by atoms with van der Waals surface area (Å²) in [5.41, 5.74) is 1.78. The average molecular weight is 315 g/mol. The number of fused-ring (bicyclic) bond motifs is 1. The van der Waals surface area contributed by atoms with E-state index in [9.17, 15) is 5.11 Å². The van der Waals surface area contributed by atoms with E-state index in [-0.39, 0.29) is 11.6 Å². The van der Waals surface area contributed by atoms with Crippen molar-refractivity contribution in [3.05, 3.63) is 72.7 Å². The molecule has 0 aliphatic carbocycles. The summed E-state index contributed by atoms with van der Waals surface area (Å²) in [6.07, 6.45) is 4.76. The Bertz CT molecular complexity index is 1020. The van der Waals surface area contributed by atoms with Crippen LogP contribution in [0.15, 0.2) is 76.4 Å². The van der Waals surface area contributed by atoms with Gasteiger partial charge in [0.2, 0.25) is 5.89 Å². The topological polar surface area (TPSA) is 71.5 Å². The van der Waals surface area contributed by atoms with Gasteiger partial charge in [-0.1, -0.05) is 36.4 Å². The predicted molar refractivity (Wildman–Crippen MR) is 92.6 cm³/mol. The number of pyridine rings is 1. The maximum atomic E-state index is 10.0. The van der Waals surface area contributed by atoms with Gasteiger partial charge in [0.25, 0.3) is 0 Å². The second-order valence-corrected chi connectivity index (χ2v) is 5.21. The Labute approximate surface area is 138 Å². The van der Waals surface area contributed by atoms with Gasteiger partial charge in [-0.25, -0.2) is 4.98 Å². The van der Waals surface area contributed by atoms with Crippen LogP contribution in [0.25, 0.3) is 22.2 Å². The van der Waals surface area contributed by atoms with Crippen molar-refractivity contribution in [1.82, 2.24) is 9.97 Å². The van der Waals surface area contributed by atoms with Gasteiger partial charge in [0, 0.05) is 11.8 Å². The Balaban J connectivity index is 1.74. The fourth-order valence-electron chi connectivity index (χ4n) is 2.50. The molecule has 0 unspecified atom stereocenters. The smallest absolute Gasteiger partial charge is 0.312 e. The first-order valence-electron chi connectivity index (χ1n) is 7.43. The molecule has 4 rings (SSSR count). The molecule has 5 nitrogen and oxygen atoms in total. The molecule has 0 aliphatic heterocycles. The van der Waals surface area contributed by atoms with Crippen molar-refractivity contribution in [3.63, 3.8) is 0 Å². The van der Waals surface area contributed by atoms with E-state index in [0.29, 0.717) is 11.6 Å². The molecule has 0 amide bonds. The van der Waals surface area contributed by atoms with Crippen LogP contribution >= 0.6 is 0 Å². The fourth-order valence-corrected chi connectivity index (χ4v) is 2.50. The Morgan fingerprint density at radius 2 is 1.88 bits per heavy atom. The number of oxazole rings is 1. The number of hydrogen-bond acceptors (Lipinski definition) is 5. The zero-order valence-corrected chi connectivity index (χ0v) is 12.6. The summed E-state index contributed by atoms with van der Waals surface area (Å²) in [5.74, 6) is 0.0995.